The minimum Gasteiger partial charge on any atom is -0.536 e. The van der Waals surface area contributed by atoms with Crippen LogP contribution in [0.5, 0.6) is 5.75 Å². The zero-order valence-electron chi connectivity index (χ0n) is 22.8. The van der Waals surface area contributed by atoms with Crippen molar-refractivity contribution in [2.45, 2.75) is 38.3 Å². The number of rotatable bonds is 14. The SMILES string of the molecule is COc1ccc(COC(=O)C2=C(CCl)CS(=O)[C@@H]3[C@H](CC(=O)/C(=N\O[C@H](C)[B]OC=O)c4csc(C)n4)C(=O)N23)cc1. The number of amides is 1. The Balaban J connectivity index is 1.50. The molecule has 3 heterocycles. The summed E-state index contributed by atoms with van der Waals surface area (Å²) in [6.07, 6.45) is -0.349. The molecule has 1 amide bonds. The second kappa shape index (κ2) is 14.1. The number of esters is 1. The smallest absolute Gasteiger partial charge is 0.420 e. The van der Waals surface area contributed by atoms with Gasteiger partial charge in [0.2, 0.25) is 5.91 Å². The van der Waals surface area contributed by atoms with Crippen LogP contribution in [0.3, 0.4) is 0 Å². The molecule has 0 bridgehead atoms. The predicted octanol–water partition coefficient (Wildman–Crippen LogP) is 2.06. The lowest BCUT2D eigenvalue weighted by atomic mass is 9.89. The molecule has 2 aliphatic rings. The number of thiazole rings is 1. The molecule has 16 heteroatoms. The maximum absolute atomic E-state index is 13.4. The number of aryl methyl sites for hydroxylation is 1. The van der Waals surface area contributed by atoms with Crippen LogP contribution in [0.4, 0.5) is 0 Å². The van der Waals surface area contributed by atoms with Gasteiger partial charge in [0, 0.05) is 28.5 Å². The van der Waals surface area contributed by atoms with Crippen molar-refractivity contribution in [1.82, 2.24) is 9.88 Å². The summed E-state index contributed by atoms with van der Waals surface area (Å²) in [6, 6.07) is 6.13. The third-order valence-electron chi connectivity index (χ3n) is 6.37. The van der Waals surface area contributed by atoms with Crippen molar-refractivity contribution >= 4 is 71.1 Å². The first-order valence-electron chi connectivity index (χ1n) is 12.6. The lowest BCUT2D eigenvalue weighted by Crippen LogP contribution is -2.66. The van der Waals surface area contributed by atoms with Crippen molar-refractivity contribution in [3.63, 3.8) is 0 Å². The quantitative estimate of drug-likeness (QED) is 0.0575. The lowest BCUT2D eigenvalue weighted by molar-refractivity contribution is -0.156. The largest absolute Gasteiger partial charge is 0.536 e. The molecular formula is C26H26BClN3O9S2. The van der Waals surface area contributed by atoms with E-state index >= 15 is 0 Å². The summed E-state index contributed by atoms with van der Waals surface area (Å²) >= 11 is 7.36. The van der Waals surface area contributed by atoms with Gasteiger partial charge in [0.05, 0.1) is 23.8 Å². The molecule has 0 N–H and O–H groups in total. The number of nitrogens with zero attached hydrogens (tertiary/aromatic N) is 3. The summed E-state index contributed by atoms with van der Waals surface area (Å²) < 4.78 is 28.3. The van der Waals surface area contributed by atoms with Gasteiger partial charge in [-0.15, -0.1) is 22.9 Å². The van der Waals surface area contributed by atoms with Gasteiger partial charge in [-0.05, 0) is 37.1 Å². The van der Waals surface area contributed by atoms with Crippen molar-refractivity contribution < 1.29 is 42.4 Å². The zero-order valence-corrected chi connectivity index (χ0v) is 25.2. The highest BCUT2D eigenvalue weighted by Gasteiger charge is 2.57. The number of alkyl halides is 1. The number of carbonyl (C=O) groups is 4. The monoisotopic (exact) mass is 634 g/mol. The highest BCUT2D eigenvalue weighted by Crippen LogP contribution is 2.41. The molecule has 4 atom stereocenters. The van der Waals surface area contributed by atoms with Crippen molar-refractivity contribution in [2.75, 3.05) is 18.7 Å². The van der Waals surface area contributed by atoms with Crippen LogP contribution in [0.15, 0.2) is 46.1 Å². The van der Waals surface area contributed by atoms with E-state index in [1.807, 2.05) is 0 Å². The molecule has 1 saturated heterocycles. The maximum Gasteiger partial charge on any atom is 0.420 e. The number of Topliss-reactive ketones (excluding diaryl/α,β-unsaturated/α-hetero) is 1. The van der Waals surface area contributed by atoms with Gasteiger partial charge in [0.15, 0.2) is 11.5 Å². The van der Waals surface area contributed by atoms with E-state index in [1.165, 1.54) is 25.4 Å². The normalized spacial score (nSPS) is 20.7. The second-order valence-corrected chi connectivity index (χ2v) is 12.1. The molecule has 1 fully saturated rings. The molecule has 0 spiro atoms. The van der Waals surface area contributed by atoms with E-state index in [4.69, 9.17) is 25.9 Å². The highest BCUT2D eigenvalue weighted by molar-refractivity contribution is 7.86. The van der Waals surface area contributed by atoms with Crippen molar-refractivity contribution in [2.24, 2.45) is 11.1 Å². The van der Waals surface area contributed by atoms with E-state index in [0.717, 1.165) is 12.4 Å². The van der Waals surface area contributed by atoms with E-state index in [2.05, 4.69) is 14.8 Å². The van der Waals surface area contributed by atoms with Crippen LogP contribution in [-0.2, 0) is 50.8 Å². The summed E-state index contributed by atoms with van der Waals surface area (Å²) in [5.74, 6) is -2.42. The fourth-order valence-corrected chi connectivity index (χ4v) is 7.05. The van der Waals surface area contributed by atoms with Crippen LogP contribution >= 0.6 is 22.9 Å². The Morgan fingerprint density at radius 1 is 1.33 bits per heavy atom. The Kier molecular flexibility index (Phi) is 10.5. The number of halogens is 1. The minimum absolute atomic E-state index is 0.0466. The molecule has 1 unspecified atom stereocenters. The van der Waals surface area contributed by atoms with Crippen LogP contribution in [0, 0.1) is 12.8 Å². The molecule has 0 saturated carbocycles. The Hall–Kier alpha value is -3.56. The number of ketones is 1. The molecule has 221 valence electrons. The molecule has 2 aromatic rings. The number of benzene rings is 1. The Labute approximate surface area is 253 Å². The molecule has 2 aliphatic heterocycles. The average molecular weight is 635 g/mol. The Bertz CT molecular complexity index is 1450. The minimum atomic E-state index is -1.63. The van der Waals surface area contributed by atoms with Crippen molar-refractivity contribution in [3.05, 3.63) is 57.2 Å². The molecule has 12 nitrogen and oxygen atoms in total. The van der Waals surface area contributed by atoms with Crippen LogP contribution in [0.25, 0.3) is 0 Å². The topological polar surface area (TPSA) is 151 Å². The van der Waals surface area contributed by atoms with Crippen LogP contribution in [0.1, 0.15) is 29.6 Å². The summed E-state index contributed by atoms with van der Waals surface area (Å²) in [5.41, 5.74) is 1.06. The van der Waals surface area contributed by atoms with Crippen molar-refractivity contribution in [3.8, 4) is 5.75 Å². The molecule has 1 radical (unpaired) electrons. The third-order valence-corrected chi connectivity index (χ3v) is 9.17. The molecule has 42 heavy (non-hydrogen) atoms. The number of hydrogen-bond donors (Lipinski definition) is 0. The van der Waals surface area contributed by atoms with E-state index in [-0.39, 0.29) is 48.2 Å². The van der Waals surface area contributed by atoms with E-state index in [1.54, 1.807) is 36.6 Å². The fourth-order valence-electron chi connectivity index (χ4n) is 4.34. The van der Waals surface area contributed by atoms with Crippen LogP contribution in [0.2, 0.25) is 0 Å². The summed E-state index contributed by atoms with van der Waals surface area (Å²) in [7, 11) is 0.997. The number of carbonyl (C=O) groups excluding carboxylic acids is 4. The van der Waals surface area contributed by atoms with Gasteiger partial charge in [0.1, 0.15) is 35.1 Å². The zero-order chi connectivity index (χ0) is 30.4. The number of ether oxygens (including phenoxy) is 2. The van der Waals surface area contributed by atoms with Crippen molar-refractivity contribution in [1.29, 1.82) is 0 Å². The first-order valence-corrected chi connectivity index (χ1v) is 15.4. The first kappa shape index (κ1) is 31.4. The second-order valence-electron chi connectivity index (χ2n) is 9.24. The lowest BCUT2D eigenvalue weighted by Gasteiger charge is -2.49. The Morgan fingerprint density at radius 3 is 2.69 bits per heavy atom. The predicted molar refractivity (Wildman–Crippen MR) is 154 cm³/mol. The van der Waals surface area contributed by atoms with Gasteiger partial charge >= 0.3 is 13.5 Å². The van der Waals surface area contributed by atoms with E-state index < -0.39 is 45.8 Å². The first-order chi connectivity index (χ1) is 20.2. The molecular weight excluding hydrogens is 609 g/mol. The molecule has 1 aromatic heterocycles. The van der Waals surface area contributed by atoms with E-state index in [0.29, 0.717) is 21.9 Å². The number of hydrogen-bond acceptors (Lipinski definition) is 12. The van der Waals surface area contributed by atoms with Gasteiger partial charge in [-0.2, -0.15) is 0 Å². The van der Waals surface area contributed by atoms with Gasteiger partial charge in [-0.1, -0.05) is 17.3 Å². The van der Waals surface area contributed by atoms with Gasteiger partial charge < -0.3 is 19.0 Å². The van der Waals surface area contributed by atoms with Gasteiger partial charge in [0.25, 0.3) is 6.47 Å². The van der Waals surface area contributed by atoms with Gasteiger partial charge in [-0.3, -0.25) is 23.5 Å². The van der Waals surface area contributed by atoms with Gasteiger partial charge in [-0.25, -0.2) is 9.78 Å². The molecule has 4 rings (SSSR count). The highest BCUT2D eigenvalue weighted by atomic mass is 35.5. The summed E-state index contributed by atoms with van der Waals surface area (Å²) in [5, 5.41) is 5.29. The molecule has 1 aromatic carbocycles. The maximum atomic E-state index is 13.4. The third kappa shape index (κ3) is 6.90. The number of β-lactam (4-membered cyclic amide) rings is 1. The number of methoxy groups -OCH3 is 1. The summed E-state index contributed by atoms with van der Waals surface area (Å²) in [4.78, 5) is 61.0. The average Bonchev–Trinajstić information content (AvgIpc) is 3.42. The van der Waals surface area contributed by atoms with E-state index in [9.17, 15) is 23.4 Å². The number of oxime groups is 1. The standard InChI is InChI=1S/C26H26BClN3O9S2/c1-14(27-39-13-32)40-30-22(20-11-41-15(2)29-20)21(33)8-19-24(34)31-23(17(9-28)12-42(36)25(19)31)26(35)38-10-16-4-6-18(37-3)7-5-16/h4-7,11,13-14,19,25H,8-10,12H2,1-3H3/b30-22-/t14-,19-,25-,42?/m1/s1. The fraction of sp³-hybridized carbons (Fsp3) is 0.385. The summed E-state index contributed by atoms with van der Waals surface area (Å²) in [6.45, 7) is 3.43. The van der Waals surface area contributed by atoms with Crippen LogP contribution < -0.4 is 4.74 Å². The Morgan fingerprint density at radius 2 is 2.07 bits per heavy atom. The van der Waals surface area contributed by atoms with Crippen LogP contribution in [-0.4, -0.2) is 81.5 Å². The molecule has 0 aliphatic carbocycles. The number of fused-ring (bicyclic) bond motifs is 1. The number of aromatic nitrogens is 1.